The Hall–Kier alpha value is -2.47. The Morgan fingerprint density at radius 2 is 1.81 bits per heavy atom. The summed E-state index contributed by atoms with van der Waals surface area (Å²) < 4.78 is 5.60. The highest BCUT2D eigenvalue weighted by molar-refractivity contribution is 7.98. The molecule has 5 nitrogen and oxygen atoms in total. The minimum Gasteiger partial charge on any atom is -0.494 e. The Balaban J connectivity index is 1.91. The summed E-state index contributed by atoms with van der Waals surface area (Å²) in [7, 11) is 1.62. The number of unbranched alkanes of at least 4 members (excludes halogenated alkanes) is 1. The highest BCUT2D eigenvalue weighted by Gasteiger charge is 2.16. The lowest BCUT2D eigenvalue weighted by Gasteiger charge is -2.18. The number of anilines is 1. The maximum Gasteiger partial charge on any atom is 0.254 e. The van der Waals surface area contributed by atoms with Crippen molar-refractivity contribution < 1.29 is 14.3 Å². The predicted octanol–water partition coefficient (Wildman–Crippen LogP) is 4.30. The molecule has 0 aliphatic rings. The number of hydrogen-bond donors (Lipinski definition) is 1. The third-order valence-corrected chi connectivity index (χ3v) is 4.77. The summed E-state index contributed by atoms with van der Waals surface area (Å²) in [6.45, 7) is 2.76. The van der Waals surface area contributed by atoms with E-state index in [1.54, 1.807) is 43.1 Å². The average molecular weight is 387 g/mol. The molecule has 0 saturated heterocycles. The molecule has 6 heteroatoms. The number of carbonyl (C=O) groups excluding carboxylic acids is 2. The number of ether oxygens (including phenoxy) is 1. The third-order valence-electron chi connectivity index (χ3n) is 3.98. The van der Waals surface area contributed by atoms with Gasteiger partial charge in [-0.25, -0.2) is 0 Å². The van der Waals surface area contributed by atoms with Crippen molar-refractivity contribution in [1.82, 2.24) is 4.90 Å². The number of thioether (sulfide) groups is 1. The standard InChI is InChI=1S/C21H26N2O3S/c1-4-5-14-26-17-12-10-16(11-13-17)21(25)23(2)15-20(24)22-18-8-6-7-9-19(18)27-3/h6-13H,4-5,14-15H2,1-3H3,(H,22,24). The van der Waals surface area contributed by atoms with Crippen molar-refractivity contribution in [1.29, 1.82) is 0 Å². The number of rotatable bonds is 9. The summed E-state index contributed by atoms with van der Waals surface area (Å²) in [5.41, 5.74) is 1.28. The third kappa shape index (κ3) is 6.32. The van der Waals surface area contributed by atoms with Gasteiger partial charge in [-0.3, -0.25) is 9.59 Å². The minimum absolute atomic E-state index is 0.0176. The van der Waals surface area contributed by atoms with E-state index in [-0.39, 0.29) is 18.4 Å². The van der Waals surface area contributed by atoms with Crippen LogP contribution in [-0.2, 0) is 4.79 Å². The van der Waals surface area contributed by atoms with Crippen LogP contribution < -0.4 is 10.1 Å². The zero-order valence-electron chi connectivity index (χ0n) is 16.0. The average Bonchev–Trinajstić information content (AvgIpc) is 2.68. The van der Waals surface area contributed by atoms with E-state index in [0.29, 0.717) is 12.2 Å². The zero-order chi connectivity index (χ0) is 19.6. The Bertz CT molecular complexity index is 762. The van der Waals surface area contributed by atoms with Crippen LogP contribution in [0.25, 0.3) is 0 Å². The van der Waals surface area contributed by atoms with E-state index < -0.39 is 0 Å². The summed E-state index contributed by atoms with van der Waals surface area (Å²) in [6, 6.07) is 14.6. The first-order valence-corrected chi connectivity index (χ1v) is 10.2. The zero-order valence-corrected chi connectivity index (χ0v) is 16.8. The Morgan fingerprint density at radius 1 is 1.11 bits per heavy atom. The molecule has 27 heavy (non-hydrogen) atoms. The van der Waals surface area contributed by atoms with E-state index in [0.717, 1.165) is 29.2 Å². The minimum atomic E-state index is -0.230. The normalized spacial score (nSPS) is 10.3. The van der Waals surface area contributed by atoms with Gasteiger partial charge in [0.2, 0.25) is 5.91 Å². The van der Waals surface area contributed by atoms with E-state index in [1.165, 1.54) is 4.90 Å². The molecule has 0 fully saturated rings. The molecule has 0 spiro atoms. The Labute approximate surface area is 165 Å². The van der Waals surface area contributed by atoms with Crippen LogP contribution in [0.15, 0.2) is 53.4 Å². The van der Waals surface area contributed by atoms with Gasteiger partial charge in [-0.15, -0.1) is 11.8 Å². The monoisotopic (exact) mass is 386 g/mol. The number of para-hydroxylation sites is 1. The predicted molar refractivity (Wildman–Crippen MR) is 111 cm³/mol. The highest BCUT2D eigenvalue weighted by Crippen LogP contribution is 2.24. The molecular weight excluding hydrogens is 360 g/mol. The molecule has 1 N–H and O–H groups in total. The number of nitrogens with zero attached hydrogens (tertiary/aromatic N) is 1. The molecule has 0 bridgehead atoms. The second kappa shape index (κ2) is 10.6. The second-order valence-corrected chi connectivity index (χ2v) is 6.98. The lowest BCUT2D eigenvalue weighted by atomic mass is 10.2. The maximum atomic E-state index is 12.5. The Kier molecular flexibility index (Phi) is 8.20. The van der Waals surface area contributed by atoms with Crippen molar-refractivity contribution >= 4 is 29.3 Å². The fraction of sp³-hybridized carbons (Fsp3) is 0.333. The fourth-order valence-electron chi connectivity index (χ4n) is 2.47. The van der Waals surface area contributed by atoms with E-state index >= 15 is 0 Å². The van der Waals surface area contributed by atoms with Gasteiger partial charge in [0.1, 0.15) is 5.75 Å². The van der Waals surface area contributed by atoms with Gasteiger partial charge in [-0.2, -0.15) is 0 Å². The molecule has 0 saturated carbocycles. The van der Waals surface area contributed by atoms with Crippen LogP contribution >= 0.6 is 11.8 Å². The van der Waals surface area contributed by atoms with Crippen molar-refractivity contribution in [2.45, 2.75) is 24.7 Å². The van der Waals surface area contributed by atoms with Gasteiger partial charge < -0.3 is 15.0 Å². The van der Waals surface area contributed by atoms with Crippen LogP contribution in [0.5, 0.6) is 5.75 Å². The van der Waals surface area contributed by atoms with Gasteiger partial charge in [0.05, 0.1) is 18.8 Å². The lowest BCUT2D eigenvalue weighted by Crippen LogP contribution is -2.35. The number of benzene rings is 2. The highest BCUT2D eigenvalue weighted by atomic mass is 32.2. The number of nitrogens with one attached hydrogen (secondary N) is 1. The van der Waals surface area contributed by atoms with Gasteiger partial charge in [0.25, 0.3) is 5.91 Å². The van der Waals surface area contributed by atoms with Gasteiger partial charge in [-0.1, -0.05) is 25.5 Å². The fourth-order valence-corrected chi connectivity index (χ4v) is 3.03. The van der Waals surface area contributed by atoms with E-state index in [2.05, 4.69) is 12.2 Å². The molecule has 0 heterocycles. The molecule has 2 rings (SSSR count). The Morgan fingerprint density at radius 3 is 2.48 bits per heavy atom. The summed E-state index contributed by atoms with van der Waals surface area (Å²) in [5.74, 6) is 0.310. The molecule has 0 radical (unpaired) electrons. The van der Waals surface area contributed by atoms with Crippen LogP contribution in [0.3, 0.4) is 0 Å². The molecule has 2 amide bonds. The first-order valence-electron chi connectivity index (χ1n) is 8.96. The molecule has 2 aromatic carbocycles. The van der Waals surface area contributed by atoms with Crippen LogP contribution in [-0.4, -0.2) is 43.2 Å². The van der Waals surface area contributed by atoms with E-state index in [4.69, 9.17) is 4.74 Å². The van der Waals surface area contributed by atoms with Crippen LogP contribution in [0, 0.1) is 0 Å². The van der Waals surface area contributed by atoms with E-state index in [9.17, 15) is 9.59 Å². The van der Waals surface area contributed by atoms with Crippen LogP contribution in [0.2, 0.25) is 0 Å². The molecule has 144 valence electrons. The largest absolute Gasteiger partial charge is 0.494 e. The van der Waals surface area contributed by atoms with E-state index in [1.807, 2.05) is 30.5 Å². The first-order chi connectivity index (χ1) is 13.0. The number of carbonyl (C=O) groups is 2. The van der Waals surface area contributed by atoms with Crippen LogP contribution in [0.1, 0.15) is 30.1 Å². The summed E-state index contributed by atoms with van der Waals surface area (Å²) in [5, 5.41) is 2.86. The summed E-state index contributed by atoms with van der Waals surface area (Å²) in [6.07, 6.45) is 4.03. The number of hydrogen-bond acceptors (Lipinski definition) is 4. The lowest BCUT2D eigenvalue weighted by molar-refractivity contribution is -0.116. The van der Waals surface area contributed by atoms with Gasteiger partial charge >= 0.3 is 0 Å². The maximum absolute atomic E-state index is 12.5. The molecule has 0 aromatic heterocycles. The topological polar surface area (TPSA) is 58.6 Å². The molecule has 0 atom stereocenters. The van der Waals surface area contributed by atoms with Gasteiger partial charge in [-0.05, 0) is 49.1 Å². The number of amides is 2. The molecule has 0 aliphatic carbocycles. The van der Waals surface area contributed by atoms with Crippen molar-refractivity contribution in [3.63, 3.8) is 0 Å². The van der Waals surface area contributed by atoms with Crippen LogP contribution in [0.4, 0.5) is 5.69 Å². The van der Waals surface area contributed by atoms with Crippen molar-refractivity contribution in [3.8, 4) is 5.75 Å². The van der Waals surface area contributed by atoms with Crippen molar-refractivity contribution in [2.75, 3.05) is 31.8 Å². The smallest absolute Gasteiger partial charge is 0.254 e. The molecular formula is C21H26N2O3S. The van der Waals surface area contributed by atoms with Gasteiger partial charge in [0.15, 0.2) is 0 Å². The molecule has 0 unspecified atom stereocenters. The summed E-state index contributed by atoms with van der Waals surface area (Å²) >= 11 is 1.56. The molecule has 0 aliphatic heterocycles. The quantitative estimate of drug-likeness (QED) is 0.516. The number of likely N-dealkylation sites (N-methyl/N-ethyl adjacent to an activating group) is 1. The second-order valence-electron chi connectivity index (χ2n) is 6.14. The summed E-state index contributed by atoms with van der Waals surface area (Å²) in [4.78, 5) is 27.2. The van der Waals surface area contributed by atoms with Gasteiger partial charge in [0, 0.05) is 17.5 Å². The SMILES string of the molecule is CCCCOc1ccc(C(=O)N(C)CC(=O)Nc2ccccc2SC)cc1. The first kappa shape index (κ1) is 20.8. The molecule has 2 aromatic rings. The van der Waals surface area contributed by atoms with Crippen molar-refractivity contribution in [2.24, 2.45) is 0 Å². The van der Waals surface area contributed by atoms with Crippen molar-refractivity contribution in [3.05, 3.63) is 54.1 Å².